The molecule has 0 saturated heterocycles. The Balaban J connectivity index is 1.05. The Morgan fingerprint density at radius 2 is 0.966 bits per heavy atom. The van der Waals surface area contributed by atoms with Crippen molar-refractivity contribution in [3.05, 3.63) is 194 Å². The standard InChI is InChI=1S/C52H32N6/c1-3-14-34(15-4-1)50-54-51(35-16-5-2-6-17-35)56-52(55-50)38-21-11-19-36(30-38)37-20-12-22-39(31-37)57-44-25-13-18-33-27-28-41-48(47(33)44)45(57)32-42-40-23-7-8-24-43(40)58(49(41)42)46-26-9-10-29-53-46/h1-32H. The van der Waals surface area contributed by atoms with E-state index in [9.17, 15) is 0 Å². The third-order valence-corrected chi connectivity index (χ3v) is 11.3. The molecule has 0 atom stereocenters. The van der Waals surface area contributed by atoms with Crippen LogP contribution >= 0.6 is 0 Å². The zero-order chi connectivity index (χ0) is 38.2. The Morgan fingerprint density at radius 1 is 0.345 bits per heavy atom. The van der Waals surface area contributed by atoms with Crippen LogP contribution < -0.4 is 0 Å². The molecule has 0 amide bonds. The fraction of sp³-hybridized carbons (Fsp3) is 0. The van der Waals surface area contributed by atoms with E-state index in [4.69, 9.17) is 19.9 Å². The summed E-state index contributed by atoms with van der Waals surface area (Å²) in [6.07, 6.45) is 1.87. The van der Waals surface area contributed by atoms with Crippen LogP contribution in [-0.2, 0) is 0 Å². The van der Waals surface area contributed by atoms with Crippen LogP contribution in [0.4, 0.5) is 0 Å². The van der Waals surface area contributed by atoms with Crippen LogP contribution in [0.25, 0.3) is 111 Å². The maximum Gasteiger partial charge on any atom is 0.164 e. The highest BCUT2D eigenvalue weighted by Crippen LogP contribution is 2.45. The van der Waals surface area contributed by atoms with Gasteiger partial charge in [-0.1, -0.05) is 140 Å². The molecular weight excluding hydrogens is 709 g/mol. The van der Waals surface area contributed by atoms with Gasteiger partial charge in [-0.05, 0) is 65.0 Å². The molecule has 58 heavy (non-hydrogen) atoms. The lowest BCUT2D eigenvalue weighted by Gasteiger charge is -2.12. The van der Waals surface area contributed by atoms with Gasteiger partial charge in [0.1, 0.15) is 5.82 Å². The Morgan fingerprint density at radius 3 is 1.72 bits per heavy atom. The summed E-state index contributed by atoms with van der Waals surface area (Å²) in [4.78, 5) is 19.8. The van der Waals surface area contributed by atoms with Crippen molar-refractivity contribution in [3.63, 3.8) is 0 Å². The molecule has 0 aliphatic carbocycles. The van der Waals surface area contributed by atoms with E-state index in [1.165, 1.54) is 48.9 Å². The van der Waals surface area contributed by atoms with Gasteiger partial charge in [-0.3, -0.25) is 4.57 Å². The van der Waals surface area contributed by atoms with Crippen LogP contribution in [0.2, 0.25) is 0 Å². The number of fused-ring (bicyclic) bond motifs is 4. The summed E-state index contributed by atoms with van der Waals surface area (Å²) in [5.41, 5.74) is 10.8. The SMILES string of the molecule is c1ccc(-c2nc(-c3ccccc3)nc(-c3cccc(-c4cccc(-n5c6cccc7ccc8c(c76)c5cc5c6ccccc6n(-c6ccccn6)c58)c4)c3)n2)cc1. The van der Waals surface area contributed by atoms with E-state index >= 15 is 0 Å². The van der Waals surface area contributed by atoms with E-state index < -0.39 is 0 Å². The summed E-state index contributed by atoms with van der Waals surface area (Å²) in [6.45, 7) is 0. The lowest BCUT2D eigenvalue weighted by atomic mass is 9.99. The Bertz CT molecular complexity index is 3440. The maximum absolute atomic E-state index is 5.01. The van der Waals surface area contributed by atoms with E-state index in [0.29, 0.717) is 17.5 Å². The van der Waals surface area contributed by atoms with Crippen molar-refractivity contribution in [1.29, 1.82) is 0 Å². The van der Waals surface area contributed by atoms with Crippen molar-refractivity contribution in [2.75, 3.05) is 0 Å². The lowest BCUT2D eigenvalue weighted by Crippen LogP contribution is -2.00. The number of hydrogen-bond acceptors (Lipinski definition) is 4. The molecule has 0 N–H and O–H groups in total. The number of rotatable bonds is 6. The van der Waals surface area contributed by atoms with Crippen LogP contribution in [0.3, 0.4) is 0 Å². The monoisotopic (exact) mass is 740 g/mol. The number of nitrogens with zero attached hydrogens (tertiary/aromatic N) is 6. The van der Waals surface area contributed by atoms with Gasteiger partial charge in [0.05, 0.1) is 22.1 Å². The summed E-state index contributed by atoms with van der Waals surface area (Å²) in [5.74, 6) is 2.83. The van der Waals surface area contributed by atoms with E-state index in [0.717, 1.165) is 44.8 Å². The van der Waals surface area contributed by atoms with Crippen LogP contribution in [-0.4, -0.2) is 29.1 Å². The summed E-state index contributed by atoms with van der Waals surface area (Å²) in [6, 6.07) is 66.0. The van der Waals surface area contributed by atoms with Gasteiger partial charge in [0.2, 0.25) is 0 Å². The normalized spacial score (nSPS) is 11.8. The highest BCUT2D eigenvalue weighted by Gasteiger charge is 2.23. The summed E-state index contributed by atoms with van der Waals surface area (Å²) >= 11 is 0. The first-order valence-corrected chi connectivity index (χ1v) is 19.5. The van der Waals surface area contributed by atoms with Crippen molar-refractivity contribution >= 4 is 54.4 Å². The fourth-order valence-corrected chi connectivity index (χ4v) is 8.80. The average Bonchev–Trinajstić information content (AvgIpc) is 3.82. The molecule has 6 heteroatoms. The van der Waals surface area contributed by atoms with Gasteiger partial charge in [-0.15, -0.1) is 0 Å². The quantitative estimate of drug-likeness (QED) is 0.159. The van der Waals surface area contributed by atoms with Crippen molar-refractivity contribution in [2.24, 2.45) is 0 Å². The predicted molar refractivity (Wildman–Crippen MR) is 237 cm³/mol. The Hall–Kier alpha value is -7.96. The lowest BCUT2D eigenvalue weighted by molar-refractivity contribution is 1.07. The molecule has 0 spiro atoms. The maximum atomic E-state index is 5.01. The van der Waals surface area contributed by atoms with E-state index in [1.54, 1.807) is 0 Å². The van der Waals surface area contributed by atoms with Crippen molar-refractivity contribution in [1.82, 2.24) is 29.1 Å². The number of aromatic nitrogens is 6. The van der Waals surface area contributed by atoms with Crippen LogP contribution in [0.15, 0.2) is 194 Å². The number of hydrogen-bond donors (Lipinski definition) is 0. The molecule has 0 aliphatic rings. The van der Waals surface area contributed by atoms with E-state index in [2.05, 4.69) is 130 Å². The third kappa shape index (κ3) is 4.98. The third-order valence-electron chi connectivity index (χ3n) is 11.3. The smallest absolute Gasteiger partial charge is 0.164 e. The van der Waals surface area contributed by atoms with Crippen molar-refractivity contribution in [3.8, 4) is 56.8 Å². The first-order chi connectivity index (χ1) is 28.8. The molecule has 6 nitrogen and oxygen atoms in total. The van der Waals surface area contributed by atoms with Crippen LogP contribution in [0.1, 0.15) is 0 Å². The molecule has 4 heterocycles. The summed E-state index contributed by atoms with van der Waals surface area (Å²) in [5, 5.41) is 7.35. The van der Waals surface area contributed by atoms with Gasteiger partial charge in [0.25, 0.3) is 0 Å². The molecule has 4 aromatic heterocycles. The molecular formula is C52H32N6. The minimum Gasteiger partial charge on any atom is -0.309 e. The highest BCUT2D eigenvalue weighted by atomic mass is 15.1. The van der Waals surface area contributed by atoms with Crippen molar-refractivity contribution < 1.29 is 0 Å². The highest BCUT2D eigenvalue weighted by molar-refractivity contribution is 6.32. The van der Waals surface area contributed by atoms with Gasteiger partial charge in [0, 0.05) is 55.5 Å². The second-order valence-corrected chi connectivity index (χ2v) is 14.7. The predicted octanol–water partition coefficient (Wildman–Crippen LogP) is 12.7. The molecule has 0 aliphatic heterocycles. The zero-order valence-electron chi connectivity index (χ0n) is 31.2. The Kier molecular flexibility index (Phi) is 7.13. The van der Waals surface area contributed by atoms with Gasteiger partial charge >= 0.3 is 0 Å². The summed E-state index contributed by atoms with van der Waals surface area (Å²) in [7, 11) is 0. The minimum atomic E-state index is 0.632. The van der Waals surface area contributed by atoms with E-state index in [-0.39, 0.29) is 0 Å². The average molecular weight is 741 g/mol. The molecule has 0 bridgehead atoms. The first-order valence-electron chi connectivity index (χ1n) is 19.5. The molecule has 8 aromatic carbocycles. The minimum absolute atomic E-state index is 0.632. The zero-order valence-corrected chi connectivity index (χ0v) is 31.2. The largest absolute Gasteiger partial charge is 0.309 e. The fourth-order valence-electron chi connectivity index (χ4n) is 8.80. The molecule has 12 aromatic rings. The van der Waals surface area contributed by atoms with Crippen molar-refractivity contribution in [2.45, 2.75) is 0 Å². The second kappa shape index (κ2) is 12.8. The van der Waals surface area contributed by atoms with E-state index in [1.807, 2.05) is 72.9 Å². The van der Waals surface area contributed by atoms with Gasteiger partial charge in [-0.2, -0.15) is 0 Å². The molecule has 0 fully saturated rings. The number of benzene rings is 8. The molecule has 0 saturated carbocycles. The van der Waals surface area contributed by atoms with Gasteiger partial charge in [-0.25, -0.2) is 19.9 Å². The summed E-state index contributed by atoms with van der Waals surface area (Å²) < 4.78 is 4.77. The number of para-hydroxylation sites is 1. The molecule has 0 unspecified atom stereocenters. The molecule has 270 valence electrons. The van der Waals surface area contributed by atoms with Crippen LogP contribution in [0.5, 0.6) is 0 Å². The Labute approximate surface area is 333 Å². The number of pyridine rings is 1. The first kappa shape index (κ1) is 32.3. The van der Waals surface area contributed by atoms with Gasteiger partial charge < -0.3 is 4.57 Å². The second-order valence-electron chi connectivity index (χ2n) is 14.7. The van der Waals surface area contributed by atoms with Crippen LogP contribution in [0, 0.1) is 0 Å². The topological polar surface area (TPSA) is 61.4 Å². The molecule has 0 radical (unpaired) electrons. The molecule has 12 rings (SSSR count). The van der Waals surface area contributed by atoms with Gasteiger partial charge in [0.15, 0.2) is 17.5 Å².